The monoisotopic (exact) mass is 310 g/mol. The van der Waals surface area contributed by atoms with Crippen molar-refractivity contribution in [2.75, 3.05) is 32.3 Å². The summed E-state index contributed by atoms with van der Waals surface area (Å²) < 4.78 is 26.8. The lowest BCUT2D eigenvalue weighted by Gasteiger charge is -2.14. The molecule has 9 heteroatoms. The Hall–Kier alpha value is -1.35. The molecule has 0 heterocycles. The number of hydrogen-bond acceptors (Lipinski definition) is 5. The average Bonchev–Trinajstić information content (AvgIpc) is 2.32. The van der Waals surface area contributed by atoms with Crippen LogP contribution in [0.25, 0.3) is 0 Å². The molecule has 0 aromatic carbocycles. The van der Waals surface area contributed by atoms with Gasteiger partial charge in [0.1, 0.15) is 15.9 Å². The van der Waals surface area contributed by atoms with E-state index in [-0.39, 0.29) is 12.2 Å². The number of hydrogen-bond donors (Lipinski definition) is 3. The maximum Gasteiger partial charge on any atom is 0.326 e. The second kappa shape index (κ2) is 9.54. The molecular formula is C11H22N2O6S. The van der Waals surface area contributed by atoms with Crippen molar-refractivity contribution < 1.29 is 27.9 Å². The lowest BCUT2D eigenvalue weighted by Crippen LogP contribution is -2.46. The van der Waals surface area contributed by atoms with Crippen LogP contribution in [0, 0.1) is 0 Å². The lowest BCUT2D eigenvalue weighted by molar-refractivity contribution is -0.139. The molecule has 2 amide bonds. The number of carbonyl (C=O) groups is 2. The Morgan fingerprint density at radius 2 is 1.95 bits per heavy atom. The summed E-state index contributed by atoms with van der Waals surface area (Å²) in [4.78, 5) is 22.4. The topological polar surface area (TPSA) is 122 Å². The summed E-state index contributed by atoms with van der Waals surface area (Å²) in [5, 5.41) is 13.6. The van der Waals surface area contributed by atoms with Crippen molar-refractivity contribution in [1.82, 2.24) is 10.6 Å². The Kier molecular flexibility index (Phi) is 8.89. The highest BCUT2D eigenvalue weighted by Crippen LogP contribution is 1.97. The van der Waals surface area contributed by atoms with Crippen molar-refractivity contribution in [1.29, 1.82) is 0 Å². The zero-order valence-corrected chi connectivity index (χ0v) is 12.5. The standard InChI is InChI=1S/C11H22N2O6S/c1-19-7-4-3-6-12-11(16)13-9(10(14)15)5-8-20(2,17)18/h9H,3-8H2,1-2H3,(H,14,15)(H2,12,13,16). The molecule has 0 saturated carbocycles. The second-order valence-corrected chi connectivity index (χ2v) is 6.67. The van der Waals surface area contributed by atoms with Crippen LogP contribution < -0.4 is 10.6 Å². The van der Waals surface area contributed by atoms with Crippen LogP contribution >= 0.6 is 0 Å². The molecule has 0 fully saturated rings. The number of methoxy groups -OCH3 is 1. The minimum atomic E-state index is -3.26. The summed E-state index contributed by atoms with van der Waals surface area (Å²) in [5.41, 5.74) is 0. The Bertz CT molecular complexity index is 409. The minimum Gasteiger partial charge on any atom is -0.480 e. The van der Waals surface area contributed by atoms with Gasteiger partial charge in [-0.05, 0) is 19.3 Å². The van der Waals surface area contributed by atoms with Gasteiger partial charge in [-0.1, -0.05) is 0 Å². The number of urea groups is 1. The van der Waals surface area contributed by atoms with E-state index >= 15 is 0 Å². The van der Waals surface area contributed by atoms with E-state index < -0.39 is 27.9 Å². The predicted molar refractivity (Wildman–Crippen MR) is 73.4 cm³/mol. The molecule has 0 radical (unpaired) electrons. The molecule has 118 valence electrons. The SMILES string of the molecule is COCCCCNC(=O)NC(CCS(C)(=O)=O)C(=O)O. The number of nitrogens with one attached hydrogen (secondary N) is 2. The van der Waals surface area contributed by atoms with E-state index in [1.807, 2.05) is 0 Å². The van der Waals surface area contributed by atoms with Crippen molar-refractivity contribution in [2.45, 2.75) is 25.3 Å². The highest BCUT2D eigenvalue weighted by Gasteiger charge is 2.21. The third-order valence-electron chi connectivity index (χ3n) is 2.44. The van der Waals surface area contributed by atoms with Crippen LogP contribution in [-0.2, 0) is 19.4 Å². The zero-order valence-electron chi connectivity index (χ0n) is 11.7. The van der Waals surface area contributed by atoms with Gasteiger partial charge in [0.15, 0.2) is 0 Å². The van der Waals surface area contributed by atoms with Crippen molar-refractivity contribution in [3.8, 4) is 0 Å². The molecule has 8 nitrogen and oxygen atoms in total. The van der Waals surface area contributed by atoms with Gasteiger partial charge in [0.2, 0.25) is 0 Å². The number of unbranched alkanes of at least 4 members (excludes halogenated alkanes) is 1. The molecule has 0 aromatic heterocycles. The van der Waals surface area contributed by atoms with Crippen molar-refractivity contribution in [3.63, 3.8) is 0 Å². The van der Waals surface area contributed by atoms with E-state index in [1.165, 1.54) is 0 Å². The van der Waals surface area contributed by atoms with Crippen molar-refractivity contribution >= 4 is 21.8 Å². The third-order valence-corrected chi connectivity index (χ3v) is 3.42. The number of ether oxygens (including phenoxy) is 1. The molecule has 0 spiro atoms. The molecule has 1 atom stereocenters. The quantitative estimate of drug-likeness (QED) is 0.472. The van der Waals surface area contributed by atoms with E-state index in [2.05, 4.69) is 10.6 Å². The maximum absolute atomic E-state index is 11.4. The number of carbonyl (C=O) groups excluding carboxylic acids is 1. The van der Waals surface area contributed by atoms with Gasteiger partial charge < -0.3 is 20.5 Å². The molecule has 0 aromatic rings. The lowest BCUT2D eigenvalue weighted by atomic mass is 10.2. The molecule has 0 rings (SSSR count). The number of carboxylic acids is 1. The third kappa shape index (κ3) is 10.6. The van der Waals surface area contributed by atoms with Gasteiger partial charge in [-0.2, -0.15) is 0 Å². The van der Waals surface area contributed by atoms with Gasteiger partial charge in [0.25, 0.3) is 0 Å². The first kappa shape index (κ1) is 18.7. The molecule has 3 N–H and O–H groups in total. The first-order valence-corrected chi connectivity index (χ1v) is 8.26. The Balaban J connectivity index is 4.05. The summed E-state index contributed by atoms with van der Waals surface area (Å²) in [7, 11) is -1.68. The molecule has 20 heavy (non-hydrogen) atoms. The summed E-state index contributed by atoms with van der Waals surface area (Å²) in [6.07, 6.45) is 2.35. The summed E-state index contributed by atoms with van der Waals surface area (Å²) >= 11 is 0. The normalized spacial score (nSPS) is 12.7. The van der Waals surface area contributed by atoms with E-state index in [0.29, 0.717) is 19.6 Å². The van der Waals surface area contributed by atoms with Gasteiger partial charge in [0, 0.05) is 26.5 Å². The molecule has 0 aliphatic heterocycles. The van der Waals surface area contributed by atoms with E-state index in [9.17, 15) is 18.0 Å². The zero-order chi connectivity index (χ0) is 15.6. The first-order valence-electron chi connectivity index (χ1n) is 6.20. The highest BCUT2D eigenvalue weighted by molar-refractivity contribution is 7.90. The fourth-order valence-electron chi connectivity index (χ4n) is 1.37. The number of aliphatic carboxylic acids is 1. The molecule has 1 unspecified atom stereocenters. The smallest absolute Gasteiger partial charge is 0.326 e. The number of sulfone groups is 1. The van der Waals surface area contributed by atoms with Crippen LogP contribution in [0.4, 0.5) is 4.79 Å². The van der Waals surface area contributed by atoms with Gasteiger partial charge in [-0.25, -0.2) is 18.0 Å². The average molecular weight is 310 g/mol. The minimum absolute atomic E-state index is 0.161. The second-order valence-electron chi connectivity index (χ2n) is 4.41. The van der Waals surface area contributed by atoms with Crippen LogP contribution in [0.1, 0.15) is 19.3 Å². The Morgan fingerprint density at radius 3 is 2.45 bits per heavy atom. The maximum atomic E-state index is 11.4. The van der Waals surface area contributed by atoms with Gasteiger partial charge in [-0.3, -0.25) is 0 Å². The molecule has 0 bridgehead atoms. The largest absolute Gasteiger partial charge is 0.480 e. The Morgan fingerprint density at radius 1 is 1.30 bits per heavy atom. The summed E-state index contributed by atoms with van der Waals surface area (Å²) in [5.74, 6) is -1.55. The fraction of sp³-hybridized carbons (Fsp3) is 0.818. The van der Waals surface area contributed by atoms with Crippen LogP contribution in [0.3, 0.4) is 0 Å². The molecular weight excluding hydrogens is 288 g/mol. The van der Waals surface area contributed by atoms with Crippen LogP contribution in [0.2, 0.25) is 0 Å². The number of rotatable bonds is 10. The summed E-state index contributed by atoms with van der Waals surface area (Å²) in [6, 6.07) is -1.84. The van der Waals surface area contributed by atoms with Gasteiger partial charge >= 0.3 is 12.0 Å². The van der Waals surface area contributed by atoms with Crippen LogP contribution in [-0.4, -0.2) is 63.8 Å². The first-order chi connectivity index (χ1) is 9.26. The van der Waals surface area contributed by atoms with Crippen LogP contribution in [0.15, 0.2) is 0 Å². The van der Waals surface area contributed by atoms with Gasteiger partial charge in [0.05, 0.1) is 5.75 Å². The highest BCUT2D eigenvalue weighted by atomic mass is 32.2. The van der Waals surface area contributed by atoms with Crippen molar-refractivity contribution in [2.24, 2.45) is 0 Å². The predicted octanol–water partition coefficient (Wildman–Crippen LogP) is -0.400. The molecule has 0 aliphatic carbocycles. The molecule has 0 saturated heterocycles. The van der Waals surface area contributed by atoms with Gasteiger partial charge in [-0.15, -0.1) is 0 Å². The van der Waals surface area contributed by atoms with E-state index in [0.717, 1.165) is 12.7 Å². The van der Waals surface area contributed by atoms with Crippen LogP contribution in [0.5, 0.6) is 0 Å². The fourth-order valence-corrected chi connectivity index (χ4v) is 2.04. The summed E-state index contributed by atoms with van der Waals surface area (Å²) in [6.45, 7) is 0.989. The Labute approximate surface area is 118 Å². The number of amides is 2. The van der Waals surface area contributed by atoms with E-state index in [4.69, 9.17) is 9.84 Å². The van der Waals surface area contributed by atoms with Crippen molar-refractivity contribution in [3.05, 3.63) is 0 Å². The van der Waals surface area contributed by atoms with E-state index in [1.54, 1.807) is 7.11 Å². The number of carboxylic acid groups (broad SMARTS) is 1. The molecule has 0 aliphatic rings.